The van der Waals surface area contributed by atoms with E-state index in [0.29, 0.717) is 38.1 Å². The van der Waals surface area contributed by atoms with Crippen molar-refractivity contribution >= 4 is 15.9 Å². The third-order valence-corrected chi connectivity index (χ3v) is 6.99. The molecule has 4 aromatic rings. The average molecular weight is 720 g/mol. The van der Waals surface area contributed by atoms with E-state index in [9.17, 15) is 8.78 Å². The largest absolute Gasteiger partial charge is 0.393 e. The van der Waals surface area contributed by atoms with Gasteiger partial charge >= 0.3 is 0 Å². The van der Waals surface area contributed by atoms with Crippen LogP contribution in [0.25, 0.3) is 0 Å². The molecule has 0 bridgehead atoms. The van der Waals surface area contributed by atoms with E-state index in [1.165, 1.54) is 11.1 Å². The van der Waals surface area contributed by atoms with Crippen LogP contribution in [0.4, 0.5) is 8.78 Å². The molecule has 0 aliphatic carbocycles. The van der Waals surface area contributed by atoms with Crippen LogP contribution in [0.1, 0.15) is 29.7 Å². The molecule has 0 radical (unpaired) electrons. The molecule has 2 unspecified atom stereocenters. The predicted molar refractivity (Wildman–Crippen MR) is 200 cm³/mol. The van der Waals surface area contributed by atoms with Crippen molar-refractivity contribution in [2.24, 2.45) is 0 Å². The predicted octanol–water partition coefficient (Wildman–Crippen LogP) is 8.35. The van der Waals surface area contributed by atoms with Gasteiger partial charge in [-0.2, -0.15) is 0 Å². The molecule has 0 aliphatic heterocycles. The van der Waals surface area contributed by atoms with Crippen LogP contribution in [0, 0.1) is 24.7 Å². The number of ether oxygens (including phenoxy) is 1. The zero-order chi connectivity index (χ0) is 34.0. The summed E-state index contributed by atoms with van der Waals surface area (Å²) in [6, 6.07) is 40.2. The van der Waals surface area contributed by atoms with Crippen LogP contribution in [0.3, 0.4) is 0 Å². The summed E-state index contributed by atoms with van der Waals surface area (Å²) in [5, 5.41) is 9.57. The fourth-order valence-electron chi connectivity index (χ4n) is 4.65. The third kappa shape index (κ3) is 19.8. The molecular weight excluding hydrogens is 670 g/mol. The highest BCUT2D eigenvalue weighted by Crippen LogP contribution is 2.13. The Kier molecular flexibility index (Phi) is 23.9. The molecule has 256 valence electrons. The minimum Gasteiger partial charge on any atom is -0.393 e. The Balaban J connectivity index is 0.000000427. The van der Waals surface area contributed by atoms with E-state index in [1.54, 1.807) is 0 Å². The smallest absolute Gasteiger partial charge is 0.136 e. The minimum atomic E-state index is -1.21. The van der Waals surface area contributed by atoms with Crippen molar-refractivity contribution in [3.8, 4) is 24.7 Å². The summed E-state index contributed by atoms with van der Waals surface area (Å²) in [6.07, 6.45) is 7.58. The summed E-state index contributed by atoms with van der Waals surface area (Å²) in [7, 11) is 0. The van der Waals surface area contributed by atoms with Gasteiger partial charge in [0.1, 0.15) is 19.0 Å². The molecule has 0 amide bonds. The molecule has 0 aliphatic rings. The van der Waals surface area contributed by atoms with Gasteiger partial charge in [0.05, 0.1) is 18.5 Å². The van der Waals surface area contributed by atoms with Crippen LogP contribution in [0.15, 0.2) is 121 Å². The maximum Gasteiger partial charge on any atom is 0.136 e. The number of aliphatic hydroxyl groups is 1. The molecule has 0 spiro atoms. The zero-order valence-corrected chi connectivity index (χ0v) is 28.4. The van der Waals surface area contributed by atoms with E-state index >= 15 is 0 Å². The van der Waals surface area contributed by atoms with Crippen LogP contribution in [-0.4, -0.2) is 65.5 Å². The van der Waals surface area contributed by atoms with Crippen molar-refractivity contribution in [3.05, 3.63) is 144 Å². The van der Waals surface area contributed by atoms with Gasteiger partial charge < -0.3 is 9.84 Å². The molecule has 0 fully saturated rings. The summed E-state index contributed by atoms with van der Waals surface area (Å²) in [4.78, 5) is 4.11. The van der Waals surface area contributed by atoms with Crippen molar-refractivity contribution in [1.29, 1.82) is 0 Å². The molecule has 4 nitrogen and oxygen atoms in total. The zero-order valence-electron chi connectivity index (χ0n) is 26.8. The van der Waals surface area contributed by atoms with E-state index < -0.39 is 19.0 Å². The monoisotopic (exact) mass is 718 g/mol. The summed E-state index contributed by atoms with van der Waals surface area (Å²) in [6.45, 7) is 3.06. The van der Waals surface area contributed by atoms with Gasteiger partial charge in [-0.15, -0.1) is 12.8 Å². The summed E-state index contributed by atoms with van der Waals surface area (Å²) in [5.41, 5.74) is 4.63. The van der Waals surface area contributed by atoms with Crippen molar-refractivity contribution in [1.82, 2.24) is 9.80 Å². The van der Waals surface area contributed by atoms with Crippen LogP contribution >= 0.6 is 15.9 Å². The number of halogens is 3. The van der Waals surface area contributed by atoms with Crippen molar-refractivity contribution in [3.63, 3.8) is 0 Å². The molecule has 2 atom stereocenters. The van der Waals surface area contributed by atoms with Crippen molar-refractivity contribution < 1.29 is 18.6 Å². The van der Waals surface area contributed by atoms with Gasteiger partial charge in [0.2, 0.25) is 0 Å². The third-order valence-electron chi connectivity index (χ3n) is 6.67. The first kappa shape index (κ1) is 42.2. The molecule has 0 aromatic heterocycles. The van der Waals surface area contributed by atoms with E-state index in [4.69, 9.17) is 22.7 Å². The molecule has 4 rings (SSSR count). The highest BCUT2D eigenvalue weighted by atomic mass is 79.9. The lowest BCUT2D eigenvalue weighted by molar-refractivity contribution is 0.0741. The maximum absolute atomic E-state index is 14.1. The number of terminal acetylenes is 2. The number of rotatable bonds is 16. The Morgan fingerprint density at radius 1 is 0.604 bits per heavy atom. The highest BCUT2D eigenvalue weighted by molar-refractivity contribution is 9.09. The molecule has 1 N–H and O–H groups in total. The van der Waals surface area contributed by atoms with Gasteiger partial charge in [-0.1, -0.05) is 157 Å². The average Bonchev–Trinajstić information content (AvgIpc) is 3.10. The lowest BCUT2D eigenvalue weighted by atomic mass is 10.1. The van der Waals surface area contributed by atoms with E-state index in [-0.39, 0.29) is 27.2 Å². The van der Waals surface area contributed by atoms with Gasteiger partial charge in [-0.05, 0) is 22.3 Å². The van der Waals surface area contributed by atoms with E-state index in [2.05, 4.69) is 56.9 Å². The first-order chi connectivity index (χ1) is 23.0. The molecular formula is C41H49BrF2N2O2. The van der Waals surface area contributed by atoms with Gasteiger partial charge in [-0.3, -0.25) is 9.80 Å². The highest BCUT2D eigenvalue weighted by Gasteiger charge is 2.15. The fourth-order valence-corrected chi connectivity index (χ4v) is 4.65. The Bertz CT molecular complexity index is 1320. The molecule has 48 heavy (non-hydrogen) atoms. The van der Waals surface area contributed by atoms with Gasteiger partial charge in [-0.25, -0.2) is 8.78 Å². The van der Waals surface area contributed by atoms with Gasteiger partial charge in [0, 0.05) is 39.3 Å². The van der Waals surface area contributed by atoms with Crippen molar-refractivity contribution in [2.45, 2.75) is 45.9 Å². The van der Waals surface area contributed by atoms with Crippen LogP contribution in [0.2, 0.25) is 0 Å². The van der Waals surface area contributed by atoms with E-state index in [0.717, 1.165) is 11.1 Å². The van der Waals surface area contributed by atoms with Crippen LogP contribution in [0.5, 0.6) is 0 Å². The number of aliphatic hydroxyl groups excluding tert-OH is 1. The summed E-state index contributed by atoms with van der Waals surface area (Å²) >= 11 is 3.01. The number of alkyl halides is 3. The lowest BCUT2D eigenvalue weighted by Crippen LogP contribution is -2.32. The Labute approximate surface area is 295 Å². The Morgan fingerprint density at radius 3 is 1.19 bits per heavy atom. The molecule has 0 saturated carbocycles. The minimum absolute atomic E-state index is 0. The number of hydrogen-bond donors (Lipinski definition) is 1. The first-order valence-corrected chi connectivity index (χ1v) is 16.6. The van der Waals surface area contributed by atoms with Crippen molar-refractivity contribution in [2.75, 3.05) is 38.2 Å². The van der Waals surface area contributed by atoms with Crippen LogP contribution < -0.4 is 0 Å². The Hall–Kier alpha value is -3.82. The SMILES string of the molecule is C.C#CCBr.C#CCOCC(F)CN(Cc1ccccc1)Cc1ccccc1.OCC(F)CN(Cc1ccccc1)Cc1ccccc1. The standard InChI is InChI=1S/C20H22FNO.C17H20FNO.C3H3Br.CH4/c1-2-13-23-17-20(21)16-22(14-18-9-5-3-6-10-18)15-19-11-7-4-8-12-19;18-17(14-20)13-19(11-15-7-3-1-4-8-15)12-16-9-5-2-6-10-16;1-2-3-4;/h1,3-12,20H,13-17H2;1-10,17,20H,11-14H2;1H,3H2;1H4. The number of benzene rings is 4. The molecule has 4 aromatic carbocycles. The van der Waals surface area contributed by atoms with Crippen LogP contribution in [-0.2, 0) is 30.9 Å². The topological polar surface area (TPSA) is 35.9 Å². The maximum atomic E-state index is 14.1. The van der Waals surface area contributed by atoms with Gasteiger partial charge in [0.15, 0.2) is 0 Å². The first-order valence-electron chi connectivity index (χ1n) is 15.5. The quantitative estimate of drug-likeness (QED) is 0.0718. The second kappa shape index (κ2) is 27.2. The second-order valence-electron chi connectivity index (χ2n) is 10.7. The fraction of sp³-hybridized carbons (Fsp3) is 0.317. The molecule has 0 heterocycles. The van der Waals surface area contributed by atoms with Gasteiger partial charge in [0.25, 0.3) is 0 Å². The second-order valence-corrected chi connectivity index (χ2v) is 11.3. The summed E-state index contributed by atoms with van der Waals surface area (Å²) < 4.78 is 32.8. The normalized spacial score (nSPS) is 11.4. The number of nitrogens with zero attached hydrogens (tertiary/aromatic N) is 2. The Morgan fingerprint density at radius 2 is 0.917 bits per heavy atom. The molecule has 0 saturated heterocycles. The molecule has 7 heteroatoms. The number of hydrogen-bond acceptors (Lipinski definition) is 4. The summed E-state index contributed by atoms with van der Waals surface area (Å²) in [5.74, 6) is 4.70. The van der Waals surface area contributed by atoms with E-state index in [1.807, 2.05) is 102 Å². The lowest BCUT2D eigenvalue weighted by Gasteiger charge is -2.24.